The second-order valence-corrected chi connectivity index (χ2v) is 9.01. The first-order chi connectivity index (χ1) is 18.7. The van der Waals surface area contributed by atoms with Crippen molar-refractivity contribution >= 4 is 17.4 Å². The van der Waals surface area contributed by atoms with Gasteiger partial charge in [-0.3, -0.25) is 9.69 Å². The third-order valence-electron chi connectivity index (χ3n) is 6.58. The van der Waals surface area contributed by atoms with E-state index in [1.54, 1.807) is 33.5 Å². The van der Waals surface area contributed by atoms with Gasteiger partial charge in [0, 0.05) is 38.3 Å². The molecule has 0 radical (unpaired) electrons. The molecule has 0 bridgehead atoms. The van der Waals surface area contributed by atoms with Crippen molar-refractivity contribution < 1.29 is 32.2 Å². The second kappa shape index (κ2) is 12.2. The first-order valence-corrected chi connectivity index (χ1v) is 12.4. The quantitative estimate of drug-likeness (QED) is 0.423. The number of hydrogen-bond acceptors (Lipinski definition) is 7. The van der Waals surface area contributed by atoms with Gasteiger partial charge in [-0.2, -0.15) is 13.2 Å². The van der Waals surface area contributed by atoms with Crippen molar-refractivity contribution in [2.24, 2.45) is 0 Å². The molecule has 1 saturated heterocycles. The van der Waals surface area contributed by atoms with Gasteiger partial charge in [0.05, 0.1) is 44.3 Å². The fourth-order valence-electron chi connectivity index (χ4n) is 4.66. The molecular formula is C28H31F3N4O4. The molecule has 0 atom stereocenters. The molecule has 1 aliphatic heterocycles. The molecule has 11 heteroatoms. The van der Waals surface area contributed by atoms with E-state index in [1.807, 2.05) is 12.1 Å². The molecule has 0 spiro atoms. The lowest BCUT2D eigenvalue weighted by molar-refractivity contribution is -0.137. The first kappa shape index (κ1) is 28.0. The molecular weight excluding hydrogens is 513 g/mol. The minimum atomic E-state index is -4.62. The van der Waals surface area contributed by atoms with Gasteiger partial charge in [-0.1, -0.05) is 18.2 Å². The largest absolute Gasteiger partial charge is 0.493 e. The van der Waals surface area contributed by atoms with Crippen LogP contribution in [-0.2, 0) is 12.7 Å². The van der Waals surface area contributed by atoms with E-state index in [2.05, 4.69) is 20.1 Å². The van der Waals surface area contributed by atoms with Gasteiger partial charge in [0.25, 0.3) is 5.91 Å². The average molecular weight is 545 g/mol. The van der Waals surface area contributed by atoms with Gasteiger partial charge in [-0.05, 0) is 36.8 Å². The van der Waals surface area contributed by atoms with Crippen LogP contribution in [0.3, 0.4) is 0 Å². The zero-order valence-corrected chi connectivity index (χ0v) is 22.0. The third-order valence-corrected chi connectivity index (χ3v) is 6.58. The van der Waals surface area contributed by atoms with E-state index in [1.165, 1.54) is 18.3 Å². The van der Waals surface area contributed by atoms with Crippen molar-refractivity contribution in [2.75, 3.05) is 57.7 Å². The molecule has 8 nitrogen and oxygen atoms in total. The summed E-state index contributed by atoms with van der Waals surface area (Å²) in [6.07, 6.45) is -2.26. The number of aromatic nitrogens is 1. The number of nitrogens with zero attached hydrogens (tertiary/aromatic N) is 3. The molecule has 0 unspecified atom stereocenters. The molecule has 39 heavy (non-hydrogen) atoms. The number of ether oxygens (including phenoxy) is 3. The number of anilines is 2. The Morgan fingerprint density at radius 2 is 1.69 bits per heavy atom. The number of amides is 1. The van der Waals surface area contributed by atoms with Crippen LogP contribution in [0.5, 0.6) is 17.2 Å². The smallest absolute Gasteiger partial charge is 0.417 e. The Morgan fingerprint density at radius 1 is 0.923 bits per heavy atom. The SMILES string of the molecule is COc1ccc(CN2CCCN(c3ccc(NC(=O)c4ccccc4C(F)(F)F)cn3)CC2)c(OC)c1OC. The van der Waals surface area contributed by atoms with Crippen LogP contribution in [0, 0.1) is 0 Å². The van der Waals surface area contributed by atoms with E-state index in [0.29, 0.717) is 29.5 Å². The van der Waals surface area contributed by atoms with Gasteiger partial charge in [0.15, 0.2) is 11.5 Å². The molecule has 1 amide bonds. The lowest BCUT2D eigenvalue weighted by Crippen LogP contribution is -2.31. The first-order valence-electron chi connectivity index (χ1n) is 12.4. The van der Waals surface area contributed by atoms with E-state index in [0.717, 1.165) is 56.1 Å². The molecule has 2 heterocycles. The fraction of sp³-hybridized carbons (Fsp3) is 0.357. The Kier molecular flexibility index (Phi) is 8.80. The van der Waals surface area contributed by atoms with Crippen LogP contribution in [0.15, 0.2) is 54.7 Å². The highest BCUT2D eigenvalue weighted by molar-refractivity contribution is 6.05. The summed E-state index contributed by atoms with van der Waals surface area (Å²) in [4.78, 5) is 21.5. The topological polar surface area (TPSA) is 76.2 Å². The van der Waals surface area contributed by atoms with Crippen molar-refractivity contribution in [2.45, 2.75) is 19.1 Å². The van der Waals surface area contributed by atoms with Crippen LogP contribution in [-0.4, -0.2) is 63.3 Å². The minimum Gasteiger partial charge on any atom is -0.493 e. The summed E-state index contributed by atoms with van der Waals surface area (Å²) in [6.45, 7) is 3.85. The monoisotopic (exact) mass is 544 g/mol. The number of alkyl halides is 3. The highest BCUT2D eigenvalue weighted by Gasteiger charge is 2.34. The Labute approximate surface area is 225 Å². The van der Waals surface area contributed by atoms with Crippen LogP contribution in [0.2, 0.25) is 0 Å². The van der Waals surface area contributed by atoms with E-state index in [-0.39, 0.29) is 0 Å². The van der Waals surface area contributed by atoms with Crippen LogP contribution >= 0.6 is 0 Å². The van der Waals surface area contributed by atoms with Gasteiger partial charge in [-0.15, -0.1) is 0 Å². The molecule has 208 valence electrons. The number of halogens is 3. The molecule has 4 rings (SSSR count). The van der Waals surface area contributed by atoms with Gasteiger partial charge >= 0.3 is 6.18 Å². The Bertz CT molecular complexity index is 1280. The van der Waals surface area contributed by atoms with Crippen LogP contribution in [0.4, 0.5) is 24.7 Å². The van der Waals surface area contributed by atoms with E-state index in [4.69, 9.17) is 14.2 Å². The molecule has 1 aliphatic rings. The normalized spacial score (nSPS) is 14.5. The van der Waals surface area contributed by atoms with Crippen molar-refractivity contribution in [3.8, 4) is 17.2 Å². The maximum absolute atomic E-state index is 13.3. The third kappa shape index (κ3) is 6.54. The Balaban J connectivity index is 1.39. The summed E-state index contributed by atoms with van der Waals surface area (Å²) in [6, 6.07) is 11.9. The maximum Gasteiger partial charge on any atom is 0.417 e. The standard InChI is InChI=1S/C28H31F3N4O4/c1-37-23-11-9-19(25(38-2)26(23)39-3)18-34-13-6-14-35(16-15-34)24-12-10-20(17-32-24)33-27(36)21-7-4-5-8-22(21)28(29,30)31/h4-5,7-12,17H,6,13-16,18H2,1-3H3,(H,33,36). The van der Waals surface area contributed by atoms with E-state index >= 15 is 0 Å². The zero-order valence-electron chi connectivity index (χ0n) is 22.0. The second-order valence-electron chi connectivity index (χ2n) is 9.01. The highest BCUT2D eigenvalue weighted by Crippen LogP contribution is 2.40. The maximum atomic E-state index is 13.3. The summed E-state index contributed by atoms with van der Waals surface area (Å²) < 4.78 is 56.3. The molecule has 2 aromatic carbocycles. The van der Waals surface area contributed by atoms with Crippen molar-refractivity contribution in [1.29, 1.82) is 0 Å². The average Bonchev–Trinajstić information content (AvgIpc) is 3.18. The zero-order chi connectivity index (χ0) is 28.0. The summed E-state index contributed by atoms with van der Waals surface area (Å²) in [7, 11) is 4.78. The lowest BCUT2D eigenvalue weighted by atomic mass is 10.1. The molecule has 0 saturated carbocycles. The predicted octanol–water partition coefficient (Wildman–Crippen LogP) is 5.09. The molecule has 1 aromatic heterocycles. The molecule has 1 N–H and O–H groups in total. The van der Waals surface area contributed by atoms with Crippen LogP contribution < -0.4 is 24.4 Å². The summed E-state index contributed by atoms with van der Waals surface area (Å²) in [5.74, 6) is 1.71. The Morgan fingerprint density at radius 3 is 2.36 bits per heavy atom. The number of nitrogens with one attached hydrogen (secondary N) is 1. The number of carbonyl (C=O) groups is 1. The molecule has 1 fully saturated rings. The van der Waals surface area contributed by atoms with Crippen LogP contribution in [0.25, 0.3) is 0 Å². The Hall–Kier alpha value is -3.99. The molecule has 3 aromatic rings. The fourth-order valence-corrected chi connectivity index (χ4v) is 4.66. The van der Waals surface area contributed by atoms with E-state index in [9.17, 15) is 18.0 Å². The molecule has 0 aliphatic carbocycles. The number of rotatable bonds is 8. The number of pyridine rings is 1. The van der Waals surface area contributed by atoms with Gasteiger partial charge in [0.2, 0.25) is 5.75 Å². The van der Waals surface area contributed by atoms with Gasteiger partial charge < -0.3 is 24.4 Å². The van der Waals surface area contributed by atoms with E-state index < -0.39 is 23.2 Å². The van der Waals surface area contributed by atoms with Gasteiger partial charge in [0.1, 0.15) is 5.82 Å². The van der Waals surface area contributed by atoms with Crippen molar-refractivity contribution in [1.82, 2.24) is 9.88 Å². The summed E-state index contributed by atoms with van der Waals surface area (Å²) in [5, 5.41) is 2.52. The number of carbonyl (C=O) groups excluding carboxylic acids is 1. The summed E-state index contributed by atoms with van der Waals surface area (Å²) >= 11 is 0. The lowest BCUT2D eigenvalue weighted by Gasteiger charge is -2.24. The van der Waals surface area contributed by atoms with Gasteiger partial charge in [-0.25, -0.2) is 4.98 Å². The number of methoxy groups -OCH3 is 3. The number of benzene rings is 2. The minimum absolute atomic E-state index is 0.317. The summed E-state index contributed by atoms with van der Waals surface area (Å²) in [5.41, 5.74) is -0.105. The highest BCUT2D eigenvalue weighted by atomic mass is 19.4. The van der Waals surface area contributed by atoms with Crippen LogP contribution in [0.1, 0.15) is 27.9 Å². The predicted molar refractivity (Wildman–Crippen MR) is 142 cm³/mol. The van der Waals surface area contributed by atoms with Crippen molar-refractivity contribution in [3.05, 3.63) is 71.4 Å². The number of hydrogen-bond donors (Lipinski definition) is 1. The van der Waals surface area contributed by atoms with Crippen molar-refractivity contribution in [3.63, 3.8) is 0 Å².